The van der Waals surface area contributed by atoms with Crippen molar-refractivity contribution in [1.82, 2.24) is 0 Å². The van der Waals surface area contributed by atoms with Crippen molar-refractivity contribution in [1.29, 1.82) is 0 Å². The summed E-state index contributed by atoms with van der Waals surface area (Å²) in [6.07, 6.45) is 0. The Labute approximate surface area is 143 Å². The lowest BCUT2D eigenvalue weighted by Crippen LogP contribution is -2.42. The fraction of sp³-hybridized carbons (Fsp3) is 0.0625. The van der Waals surface area contributed by atoms with Crippen molar-refractivity contribution in [3.05, 3.63) is 59.6 Å². The van der Waals surface area contributed by atoms with Gasteiger partial charge in [-0.3, -0.25) is 4.79 Å². The molecule has 0 spiro atoms. The molecule has 7 heteroatoms. The number of carbonyl (C=O) groups is 1. The van der Waals surface area contributed by atoms with Crippen molar-refractivity contribution >= 4 is 51.8 Å². The van der Waals surface area contributed by atoms with E-state index in [9.17, 15) is 4.79 Å². The molecule has 5 nitrogen and oxygen atoms in total. The van der Waals surface area contributed by atoms with Gasteiger partial charge in [-0.1, -0.05) is 48.1 Å². The van der Waals surface area contributed by atoms with Crippen LogP contribution in [-0.4, -0.2) is 22.6 Å². The van der Waals surface area contributed by atoms with Gasteiger partial charge in [0.15, 0.2) is 0 Å². The van der Waals surface area contributed by atoms with Gasteiger partial charge in [-0.05, 0) is 30.3 Å². The van der Waals surface area contributed by atoms with E-state index in [1.165, 1.54) is 5.01 Å². The minimum Gasteiger partial charge on any atom is -0.345 e. The lowest BCUT2D eigenvalue weighted by atomic mass is 10.2. The number of carbonyl (C=O) groups excluding carboxylic acids is 1. The number of nitrogens with two attached hydrogens (primary N) is 1. The van der Waals surface area contributed by atoms with E-state index >= 15 is 0 Å². The molecule has 0 aromatic heterocycles. The predicted molar refractivity (Wildman–Crippen MR) is 97.0 cm³/mol. The third-order valence-corrected chi connectivity index (χ3v) is 3.84. The molecule has 1 aliphatic heterocycles. The molecule has 0 bridgehead atoms. The Hall–Kier alpha value is -2.28. The second kappa shape index (κ2) is 6.45. The molecular weight excluding hydrogens is 332 g/mol. The van der Waals surface area contributed by atoms with Gasteiger partial charge in [0, 0.05) is 10.7 Å². The minimum absolute atomic E-state index is 0.321. The molecule has 1 unspecified atom stereocenters. The number of hydrogen-bond acceptors (Lipinski definition) is 4. The van der Waals surface area contributed by atoms with E-state index < -0.39 is 6.04 Å². The van der Waals surface area contributed by atoms with Crippen molar-refractivity contribution in [3.63, 3.8) is 0 Å². The van der Waals surface area contributed by atoms with Gasteiger partial charge in [-0.2, -0.15) is 10.1 Å². The van der Waals surface area contributed by atoms with Crippen LogP contribution in [0.5, 0.6) is 0 Å². The molecule has 2 aromatic carbocycles. The lowest BCUT2D eigenvalue weighted by Gasteiger charge is -2.12. The summed E-state index contributed by atoms with van der Waals surface area (Å²) in [5.41, 5.74) is 7.65. The van der Waals surface area contributed by atoms with E-state index in [1.807, 2.05) is 30.3 Å². The Morgan fingerprint density at radius 3 is 2.65 bits per heavy atom. The summed E-state index contributed by atoms with van der Waals surface area (Å²) in [5.74, 6) is -0.348. The molecule has 1 atom stereocenters. The highest BCUT2D eigenvalue weighted by Gasteiger charge is 2.36. The molecule has 1 amide bonds. The highest BCUT2D eigenvalue weighted by atomic mass is 35.5. The van der Waals surface area contributed by atoms with E-state index in [0.29, 0.717) is 21.4 Å². The van der Waals surface area contributed by atoms with Crippen LogP contribution in [0.15, 0.2) is 59.7 Å². The Kier molecular flexibility index (Phi) is 4.38. The number of para-hydroxylation sites is 1. The van der Waals surface area contributed by atoms with Crippen LogP contribution in [0, 0.1) is 0 Å². The molecule has 0 radical (unpaired) electrons. The van der Waals surface area contributed by atoms with Crippen molar-refractivity contribution in [2.24, 2.45) is 10.8 Å². The molecule has 116 valence electrons. The lowest BCUT2D eigenvalue weighted by molar-refractivity contribution is -0.117. The van der Waals surface area contributed by atoms with Gasteiger partial charge in [0.05, 0.1) is 5.69 Å². The van der Waals surface area contributed by atoms with Crippen LogP contribution in [0.1, 0.15) is 0 Å². The van der Waals surface area contributed by atoms with Crippen LogP contribution >= 0.6 is 23.8 Å². The molecule has 0 aliphatic carbocycles. The van der Waals surface area contributed by atoms with Crippen LogP contribution in [0.4, 0.5) is 11.4 Å². The maximum Gasteiger partial charge on any atom is 0.270 e. The average Bonchev–Trinajstić information content (AvgIpc) is 2.84. The van der Waals surface area contributed by atoms with Gasteiger partial charge < -0.3 is 11.1 Å². The van der Waals surface area contributed by atoms with E-state index in [-0.39, 0.29) is 5.91 Å². The van der Waals surface area contributed by atoms with Crippen LogP contribution in [0.25, 0.3) is 0 Å². The predicted octanol–water partition coefficient (Wildman–Crippen LogP) is 2.81. The Morgan fingerprint density at radius 2 is 1.96 bits per heavy atom. The van der Waals surface area contributed by atoms with Gasteiger partial charge in [-0.25, -0.2) is 0 Å². The first-order valence-corrected chi connectivity index (χ1v) is 7.65. The molecule has 0 saturated carbocycles. The SMILES string of the molecule is NC1C(=O)N(c2cccc(Cl)c2)N=C1C(=S)Nc1ccccc1. The molecule has 0 fully saturated rings. The topological polar surface area (TPSA) is 70.7 Å². The van der Waals surface area contributed by atoms with Crippen molar-refractivity contribution in [3.8, 4) is 0 Å². The summed E-state index contributed by atoms with van der Waals surface area (Å²) in [6.45, 7) is 0. The first-order chi connectivity index (χ1) is 11.1. The fourth-order valence-electron chi connectivity index (χ4n) is 2.16. The van der Waals surface area contributed by atoms with Crippen molar-refractivity contribution < 1.29 is 4.79 Å². The quantitative estimate of drug-likeness (QED) is 0.840. The molecule has 1 heterocycles. The maximum absolute atomic E-state index is 12.3. The number of hydrogen-bond donors (Lipinski definition) is 2. The fourth-order valence-corrected chi connectivity index (χ4v) is 2.63. The smallest absolute Gasteiger partial charge is 0.270 e. The normalized spacial score (nSPS) is 17.1. The van der Waals surface area contributed by atoms with Gasteiger partial charge >= 0.3 is 0 Å². The third-order valence-electron chi connectivity index (χ3n) is 3.29. The van der Waals surface area contributed by atoms with Gasteiger partial charge in [-0.15, -0.1) is 0 Å². The number of nitrogens with one attached hydrogen (secondary N) is 1. The highest BCUT2D eigenvalue weighted by molar-refractivity contribution is 7.82. The van der Waals surface area contributed by atoms with E-state index in [4.69, 9.17) is 29.6 Å². The molecule has 0 saturated heterocycles. The minimum atomic E-state index is -0.905. The van der Waals surface area contributed by atoms with E-state index in [0.717, 1.165) is 5.69 Å². The van der Waals surface area contributed by atoms with Crippen molar-refractivity contribution in [2.45, 2.75) is 6.04 Å². The number of hydrazone groups is 1. The number of rotatable bonds is 3. The average molecular weight is 345 g/mol. The monoisotopic (exact) mass is 344 g/mol. The molecule has 3 rings (SSSR count). The number of thiocarbonyl (C=S) groups is 1. The number of amides is 1. The van der Waals surface area contributed by atoms with Crippen LogP contribution in [0.2, 0.25) is 5.02 Å². The van der Waals surface area contributed by atoms with Gasteiger partial charge in [0.1, 0.15) is 16.7 Å². The Balaban J connectivity index is 1.85. The first kappa shape index (κ1) is 15.6. The Bertz CT molecular complexity index is 794. The molecular formula is C16H13ClN4OS. The molecule has 3 N–H and O–H groups in total. The standard InChI is InChI=1S/C16H13ClN4OS/c17-10-5-4-8-12(9-10)21-16(22)13(18)14(20-21)15(23)19-11-6-2-1-3-7-11/h1-9,13H,18H2,(H,19,23). The summed E-state index contributed by atoms with van der Waals surface area (Å²) in [6, 6.07) is 15.3. The summed E-state index contributed by atoms with van der Waals surface area (Å²) in [4.78, 5) is 12.7. The zero-order chi connectivity index (χ0) is 16.4. The van der Waals surface area contributed by atoms with Gasteiger partial charge in [0.25, 0.3) is 5.91 Å². The summed E-state index contributed by atoms with van der Waals surface area (Å²) in [7, 11) is 0. The zero-order valence-corrected chi connectivity index (χ0v) is 13.5. The third kappa shape index (κ3) is 3.24. The van der Waals surface area contributed by atoms with E-state index in [1.54, 1.807) is 24.3 Å². The van der Waals surface area contributed by atoms with Gasteiger partial charge in [0.2, 0.25) is 0 Å². The first-order valence-electron chi connectivity index (χ1n) is 6.86. The molecule has 1 aliphatic rings. The zero-order valence-electron chi connectivity index (χ0n) is 11.9. The number of halogens is 1. The second-order valence-electron chi connectivity index (χ2n) is 4.91. The van der Waals surface area contributed by atoms with E-state index in [2.05, 4.69) is 10.4 Å². The second-order valence-corrected chi connectivity index (χ2v) is 5.76. The Morgan fingerprint density at radius 1 is 1.22 bits per heavy atom. The number of anilines is 2. The van der Waals surface area contributed by atoms with Crippen LogP contribution in [0.3, 0.4) is 0 Å². The summed E-state index contributed by atoms with van der Waals surface area (Å²) >= 11 is 11.3. The van der Waals surface area contributed by atoms with Crippen molar-refractivity contribution in [2.75, 3.05) is 10.3 Å². The van der Waals surface area contributed by atoms with Crippen LogP contribution in [-0.2, 0) is 4.79 Å². The largest absolute Gasteiger partial charge is 0.345 e. The number of nitrogens with zero attached hydrogens (tertiary/aromatic N) is 2. The maximum atomic E-state index is 12.3. The summed E-state index contributed by atoms with van der Waals surface area (Å²) in [5, 5.41) is 9.04. The molecule has 2 aromatic rings. The summed E-state index contributed by atoms with van der Waals surface area (Å²) < 4.78 is 0. The number of benzene rings is 2. The highest BCUT2D eigenvalue weighted by Crippen LogP contribution is 2.24. The molecule has 23 heavy (non-hydrogen) atoms. The van der Waals surface area contributed by atoms with Crippen LogP contribution < -0.4 is 16.1 Å².